The molecule has 0 radical (unpaired) electrons. The van der Waals surface area contributed by atoms with Crippen molar-refractivity contribution in [3.8, 4) is 0 Å². The minimum Gasteiger partial charge on any atom is -0.383 e. The fourth-order valence-corrected chi connectivity index (χ4v) is 1.56. The smallest absolute Gasteiger partial charge is 0.138 e. The predicted molar refractivity (Wildman–Crippen MR) is 81.5 cm³/mol. The molecule has 0 bridgehead atoms. The molecule has 0 aliphatic carbocycles. The molecule has 108 valence electrons. The van der Waals surface area contributed by atoms with Gasteiger partial charge in [0.25, 0.3) is 0 Å². The van der Waals surface area contributed by atoms with Crippen LogP contribution >= 0.6 is 0 Å². The van der Waals surface area contributed by atoms with Crippen LogP contribution < -0.4 is 11.1 Å². The van der Waals surface area contributed by atoms with Crippen LogP contribution in [0.15, 0.2) is 0 Å². The van der Waals surface area contributed by atoms with Crippen molar-refractivity contribution in [2.75, 3.05) is 37.7 Å². The maximum Gasteiger partial charge on any atom is 0.138 e. The van der Waals surface area contributed by atoms with E-state index >= 15 is 0 Å². The highest BCUT2D eigenvalue weighted by Crippen LogP contribution is 2.24. The second-order valence-electron chi connectivity index (χ2n) is 5.98. The zero-order valence-corrected chi connectivity index (χ0v) is 13.0. The van der Waals surface area contributed by atoms with E-state index in [2.05, 4.69) is 54.9 Å². The van der Waals surface area contributed by atoms with Crippen LogP contribution in [-0.4, -0.2) is 41.5 Å². The molecule has 1 aromatic rings. The van der Waals surface area contributed by atoms with Crippen LogP contribution in [0.3, 0.4) is 0 Å². The van der Waals surface area contributed by atoms with Gasteiger partial charge in [0.1, 0.15) is 17.5 Å². The second kappa shape index (κ2) is 6.19. The van der Waals surface area contributed by atoms with E-state index in [4.69, 9.17) is 5.73 Å². The number of anilines is 2. The van der Waals surface area contributed by atoms with Gasteiger partial charge in [-0.05, 0) is 20.5 Å². The highest BCUT2D eigenvalue weighted by Gasteiger charge is 2.20. The van der Waals surface area contributed by atoms with Crippen molar-refractivity contribution in [1.82, 2.24) is 14.9 Å². The lowest BCUT2D eigenvalue weighted by molar-refractivity contribution is 0.367. The third-order valence-corrected chi connectivity index (χ3v) is 3.18. The van der Waals surface area contributed by atoms with Crippen molar-refractivity contribution in [2.24, 2.45) is 0 Å². The molecule has 19 heavy (non-hydrogen) atoms. The van der Waals surface area contributed by atoms with Gasteiger partial charge >= 0.3 is 0 Å². The Kier molecular flexibility index (Phi) is 5.11. The highest BCUT2D eigenvalue weighted by atomic mass is 15.1. The zero-order valence-electron chi connectivity index (χ0n) is 13.0. The summed E-state index contributed by atoms with van der Waals surface area (Å²) in [5.74, 6) is 2.19. The fraction of sp³-hybridized carbons (Fsp3) is 0.714. The van der Waals surface area contributed by atoms with Gasteiger partial charge in [-0.25, -0.2) is 9.97 Å². The largest absolute Gasteiger partial charge is 0.383 e. The number of nitrogens with zero attached hydrogens (tertiary/aromatic N) is 3. The van der Waals surface area contributed by atoms with E-state index in [1.54, 1.807) is 0 Å². The number of nitrogens with two attached hydrogens (primary N) is 1. The Morgan fingerprint density at radius 1 is 1.26 bits per heavy atom. The summed E-state index contributed by atoms with van der Waals surface area (Å²) in [6, 6.07) is 0. The summed E-state index contributed by atoms with van der Waals surface area (Å²) < 4.78 is 0. The van der Waals surface area contributed by atoms with Gasteiger partial charge in [-0.1, -0.05) is 27.7 Å². The molecule has 0 spiro atoms. The molecule has 3 N–H and O–H groups in total. The van der Waals surface area contributed by atoms with Gasteiger partial charge in [0.05, 0.1) is 0 Å². The van der Waals surface area contributed by atoms with Crippen molar-refractivity contribution in [1.29, 1.82) is 0 Å². The SMILES string of the molecule is CCN(C)CCNc1nc(C(C)(C)C)nc(N)c1C. The first-order valence-corrected chi connectivity index (χ1v) is 6.82. The van der Waals surface area contributed by atoms with Crippen LogP contribution in [0.4, 0.5) is 11.6 Å². The van der Waals surface area contributed by atoms with Gasteiger partial charge in [0, 0.05) is 24.1 Å². The average Bonchev–Trinajstić information content (AvgIpc) is 2.32. The second-order valence-corrected chi connectivity index (χ2v) is 5.98. The van der Waals surface area contributed by atoms with Gasteiger partial charge in [-0.15, -0.1) is 0 Å². The molecule has 5 heteroatoms. The number of nitrogen functional groups attached to an aromatic ring is 1. The summed E-state index contributed by atoms with van der Waals surface area (Å²) in [6.07, 6.45) is 0. The van der Waals surface area contributed by atoms with E-state index in [-0.39, 0.29) is 5.41 Å². The van der Waals surface area contributed by atoms with Gasteiger partial charge in [0.2, 0.25) is 0 Å². The first-order valence-electron chi connectivity index (χ1n) is 6.82. The molecule has 0 aliphatic heterocycles. The standard InChI is InChI=1S/C14H27N5/c1-7-19(6)9-8-16-12-10(2)11(15)17-13(18-12)14(3,4)5/h7-9H2,1-6H3,(H3,15,16,17,18). The summed E-state index contributed by atoms with van der Waals surface area (Å²) in [5.41, 5.74) is 6.80. The van der Waals surface area contributed by atoms with Crippen LogP contribution in [-0.2, 0) is 5.41 Å². The number of rotatable bonds is 5. The molecule has 0 unspecified atom stereocenters. The van der Waals surface area contributed by atoms with E-state index in [9.17, 15) is 0 Å². The lowest BCUT2D eigenvalue weighted by atomic mass is 9.95. The van der Waals surface area contributed by atoms with Gasteiger partial charge in [0.15, 0.2) is 0 Å². The number of likely N-dealkylation sites (N-methyl/N-ethyl adjacent to an activating group) is 1. The molecule has 0 saturated carbocycles. The average molecular weight is 265 g/mol. The minimum atomic E-state index is -0.0987. The Morgan fingerprint density at radius 3 is 2.42 bits per heavy atom. The molecule has 0 amide bonds. The Morgan fingerprint density at radius 2 is 1.89 bits per heavy atom. The van der Waals surface area contributed by atoms with Crippen molar-refractivity contribution in [3.63, 3.8) is 0 Å². The monoisotopic (exact) mass is 265 g/mol. The molecular formula is C14H27N5. The number of hydrogen-bond donors (Lipinski definition) is 2. The maximum absolute atomic E-state index is 5.97. The molecule has 1 aromatic heterocycles. The first-order chi connectivity index (χ1) is 8.75. The van der Waals surface area contributed by atoms with Crippen molar-refractivity contribution >= 4 is 11.6 Å². The van der Waals surface area contributed by atoms with E-state index in [1.165, 1.54) is 0 Å². The Bertz CT molecular complexity index is 423. The molecule has 1 rings (SSSR count). The summed E-state index contributed by atoms with van der Waals surface area (Å²) in [7, 11) is 2.10. The maximum atomic E-state index is 5.97. The number of nitrogens with one attached hydrogen (secondary N) is 1. The van der Waals surface area contributed by atoms with Crippen LogP contribution in [0, 0.1) is 6.92 Å². The van der Waals surface area contributed by atoms with Crippen LogP contribution in [0.1, 0.15) is 39.1 Å². The molecular weight excluding hydrogens is 238 g/mol. The number of hydrogen-bond acceptors (Lipinski definition) is 5. The molecule has 0 aliphatic rings. The normalized spacial score (nSPS) is 11.9. The Balaban J connectivity index is 2.85. The molecule has 0 aromatic carbocycles. The van der Waals surface area contributed by atoms with Gasteiger partial charge < -0.3 is 16.0 Å². The predicted octanol–water partition coefficient (Wildman–Crippen LogP) is 2.03. The fourth-order valence-electron chi connectivity index (χ4n) is 1.56. The topological polar surface area (TPSA) is 67.1 Å². The zero-order chi connectivity index (χ0) is 14.6. The highest BCUT2D eigenvalue weighted by molar-refractivity contribution is 5.55. The quantitative estimate of drug-likeness (QED) is 0.852. The van der Waals surface area contributed by atoms with Gasteiger partial charge in [-0.3, -0.25) is 0 Å². The Labute approximate surface area is 116 Å². The summed E-state index contributed by atoms with van der Waals surface area (Å²) >= 11 is 0. The lowest BCUT2D eigenvalue weighted by Crippen LogP contribution is -2.26. The van der Waals surface area contributed by atoms with Gasteiger partial charge in [-0.2, -0.15) is 0 Å². The lowest BCUT2D eigenvalue weighted by Gasteiger charge is -2.20. The summed E-state index contributed by atoms with van der Waals surface area (Å²) in [6.45, 7) is 13.2. The molecule has 5 nitrogen and oxygen atoms in total. The molecule has 0 fully saturated rings. The van der Waals surface area contributed by atoms with Crippen LogP contribution in [0.2, 0.25) is 0 Å². The number of aromatic nitrogens is 2. The van der Waals surface area contributed by atoms with Crippen LogP contribution in [0.5, 0.6) is 0 Å². The van der Waals surface area contributed by atoms with E-state index in [0.717, 1.165) is 36.8 Å². The summed E-state index contributed by atoms with van der Waals surface area (Å²) in [4.78, 5) is 11.2. The third-order valence-electron chi connectivity index (χ3n) is 3.18. The van der Waals surface area contributed by atoms with Crippen molar-refractivity contribution < 1.29 is 0 Å². The third kappa shape index (κ3) is 4.35. The first kappa shape index (κ1) is 15.7. The summed E-state index contributed by atoms with van der Waals surface area (Å²) in [5, 5.41) is 3.36. The molecule has 0 atom stereocenters. The molecule has 1 heterocycles. The van der Waals surface area contributed by atoms with Crippen LogP contribution in [0.25, 0.3) is 0 Å². The van der Waals surface area contributed by atoms with Crippen molar-refractivity contribution in [2.45, 2.75) is 40.0 Å². The minimum absolute atomic E-state index is 0.0987. The Hall–Kier alpha value is -1.36. The molecule has 0 saturated heterocycles. The van der Waals surface area contributed by atoms with Crippen molar-refractivity contribution in [3.05, 3.63) is 11.4 Å². The van der Waals surface area contributed by atoms with E-state index in [1.807, 2.05) is 6.92 Å². The van der Waals surface area contributed by atoms with E-state index < -0.39 is 0 Å². The van der Waals surface area contributed by atoms with E-state index in [0.29, 0.717) is 5.82 Å².